The number of amides is 1. The number of hydrogen-bond donors (Lipinski definition) is 2. The van der Waals surface area contributed by atoms with Crippen LogP contribution in [0.25, 0.3) is 5.57 Å². The van der Waals surface area contributed by atoms with Crippen molar-refractivity contribution in [2.24, 2.45) is 15.1 Å². The van der Waals surface area contributed by atoms with Crippen molar-refractivity contribution in [3.05, 3.63) is 68.3 Å². The van der Waals surface area contributed by atoms with Gasteiger partial charge in [-0.3, -0.25) is 9.36 Å². The van der Waals surface area contributed by atoms with Gasteiger partial charge in [0.05, 0.1) is 21.5 Å². The summed E-state index contributed by atoms with van der Waals surface area (Å²) in [5, 5.41) is 17.5. The molecule has 3 aromatic rings. The lowest BCUT2D eigenvalue weighted by Gasteiger charge is -2.03. The van der Waals surface area contributed by atoms with E-state index in [1.54, 1.807) is 22.8 Å². The van der Waals surface area contributed by atoms with Crippen LogP contribution in [0.5, 0.6) is 5.88 Å². The standard InChI is InChI=1S/C21H18N4O4S2/c1-11-2-9-16-15(10-11)17(19(26)24-16)18-20(27)25(13-5-6-13)21(30-18)23-12-3-7-14(8-4-12)31(22,28)29/h2-4,7-10,13,27H,5-6H2,1H3,(H2,22,28,29). The van der Waals surface area contributed by atoms with Gasteiger partial charge in [-0.25, -0.2) is 23.5 Å². The maximum absolute atomic E-state index is 12.7. The number of carbonyl (C=O) groups is 1. The summed E-state index contributed by atoms with van der Waals surface area (Å²) in [6.07, 6.45) is 1.81. The molecule has 5 rings (SSSR count). The van der Waals surface area contributed by atoms with Crippen LogP contribution in [0.15, 0.2) is 57.3 Å². The topological polar surface area (TPSA) is 127 Å². The third kappa shape index (κ3) is 3.52. The molecular formula is C21H18N4O4S2. The molecule has 0 bridgehead atoms. The van der Waals surface area contributed by atoms with E-state index in [9.17, 15) is 18.3 Å². The Morgan fingerprint density at radius 2 is 1.90 bits per heavy atom. The Morgan fingerprint density at radius 3 is 2.55 bits per heavy atom. The third-order valence-electron chi connectivity index (χ3n) is 5.22. The van der Waals surface area contributed by atoms with Crippen LogP contribution in [0.3, 0.4) is 0 Å². The molecule has 1 aromatic heterocycles. The van der Waals surface area contributed by atoms with Crippen molar-refractivity contribution in [1.29, 1.82) is 0 Å². The molecule has 158 valence electrons. The van der Waals surface area contributed by atoms with Crippen LogP contribution in [0.1, 0.15) is 29.3 Å². The number of aryl methyl sites for hydroxylation is 1. The number of rotatable bonds is 4. The van der Waals surface area contributed by atoms with E-state index < -0.39 is 10.0 Å². The van der Waals surface area contributed by atoms with Gasteiger partial charge in [0, 0.05) is 11.3 Å². The number of fused-ring (bicyclic) bond motifs is 1. The van der Waals surface area contributed by atoms with Crippen LogP contribution in [0.2, 0.25) is 0 Å². The summed E-state index contributed by atoms with van der Waals surface area (Å²) in [5.41, 5.74) is 1.88. The number of nitrogens with zero attached hydrogens (tertiary/aromatic N) is 3. The lowest BCUT2D eigenvalue weighted by atomic mass is 10.1. The molecular weight excluding hydrogens is 436 g/mol. The highest BCUT2D eigenvalue weighted by molar-refractivity contribution is 7.89. The minimum Gasteiger partial charge on any atom is -0.493 e. The van der Waals surface area contributed by atoms with Crippen LogP contribution < -0.4 is 20.5 Å². The Hall–Kier alpha value is -3.08. The zero-order chi connectivity index (χ0) is 21.9. The molecule has 1 amide bonds. The predicted molar refractivity (Wildman–Crippen MR) is 115 cm³/mol. The summed E-state index contributed by atoms with van der Waals surface area (Å²) in [5.74, 6) is -0.385. The molecule has 2 aliphatic rings. The van der Waals surface area contributed by atoms with E-state index in [4.69, 9.17) is 5.14 Å². The van der Waals surface area contributed by atoms with Crippen molar-refractivity contribution >= 4 is 38.5 Å². The predicted octanol–water partition coefficient (Wildman–Crippen LogP) is 1.14. The SMILES string of the molecule is Cc1ccc2c(c1)=C(c1sc(=Nc3ccc(S(N)(=O)=O)cc3)n(C3CC3)c1O)C(=O)N=2. The fourth-order valence-corrected chi connectivity index (χ4v) is 5.23. The monoisotopic (exact) mass is 454 g/mol. The van der Waals surface area contributed by atoms with Gasteiger partial charge in [0.15, 0.2) is 4.80 Å². The number of primary sulfonamides is 1. The summed E-state index contributed by atoms with van der Waals surface area (Å²) < 4.78 is 24.7. The van der Waals surface area contributed by atoms with Crippen LogP contribution in [-0.2, 0) is 14.8 Å². The van der Waals surface area contributed by atoms with Gasteiger partial charge in [0.1, 0.15) is 4.88 Å². The highest BCUT2D eigenvalue weighted by atomic mass is 32.2. The quantitative estimate of drug-likeness (QED) is 0.613. The number of thiazole rings is 1. The minimum atomic E-state index is -3.79. The second-order valence-corrected chi connectivity index (χ2v) is 10.1. The first-order valence-electron chi connectivity index (χ1n) is 9.58. The van der Waals surface area contributed by atoms with E-state index in [1.807, 2.05) is 19.1 Å². The van der Waals surface area contributed by atoms with Crippen molar-refractivity contribution < 1.29 is 18.3 Å². The number of nitrogens with two attached hydrogens (primary N) is 1. The van der Waals surface area contributed by atoms with Gasteiger partial charge in [0.25, 0.3) is 5.91 Å². The summed E-state index contributed by atoms with van der Waals surface area (Å²) in [4.78, 5) is 22.4. The first-order valence-corrected chi connectivity index (χ1v) is 11.9. The average molecular weight is 455 g/mol. The number of carbonyl (C=O) groups excluding carboxylic acids is 1. The molecule has 0 unspecified atom stereocenters. The average Bonchev–Trinajstić information content (AvgIpc) is 3.42. The third-order valence-corrected chi connectivity index (χ3v) is 7.21. The zero-order valence-electron chi connectivity index (χ0n) is 16.4. The lowest BCUT2D eigenvalue weighted by Crippen LogP contribution is -2.23. The van der Waals surface area contributed by atoms with E-state index in [2.05, 4.69) is 9.98 Å². The summed E-state index contributed by atoms with van der Waals surface area (Å²) in [7, 11) is -3.79. The molecule has 10 heteroatoms. The first-order chi connectivity index (χ1) is 14.7. The molecule has 2 aromatic carbocycles. The van der Waals surface area contributed by atoms with Gasteiger partial charge < -0.3 is 5.11 Å². The summed E-state index contributed by atoms with van der Waals surface area (Å²) >= 11 is 1.21. The number of benzene rings is 2. The molecule has 0 radical (unpaired) electrons. The van der Waals surface area contributed by atoms with Crippen LogP contribution in [0, 0.1) is 6.92 Å². The fourth-order valence-electron chi connectivity index (χ4n) is 3.56. The Morgan fingerprint density at radius 1 is 1.19 bits per heavy atom. The highest BCUT2D eigenvalue weighted by Gasteiger charge is 2.32. The Balaban J connectivity index is 1.71. The Kier molecular flexibility index (Phi) is 4.47. The van der Waals surface area contributed by atoms with Crippen LogP contribution in [-0.4, -0.2) is 24.0 Å². The second kappa shape index (κ2) is 6.98. The number of aromatic nitrogens is 1. The van der Waals surface area contributed by atoms with E-state index >= 15 is 0 Å². The van der Waals surface area contributed by atoms with Gasteiger partial charge in [-0.1, -0.05) is 23.0 Å². The van der Waals surface area contributed by atoms with Gasteiger partial charge in [-0.2, -0.15) is 0 Å². The van der Waals surface area contributed by atoms with Crippen molar-refractivity contribution in [2.75, 3.05) is 0 Å². The van der Waals surface area contributed by atoms with Gasteiger partial charge >= 0.3 is 0 Å². The number of sulfonamides is 1. The first kappa shape index (κ1) is 19.9. The maximum Gasteiger partial charge on any atom is 0.279 e. The summed E-state index contributed by atoms with van der Waals surface area (Å²) in [6.45, 7) is 1.94. The molecule has 3 N–H and O–H groups in total. The van der Waals surface area contributed by atoms with Crippen molar-refractivity contribution in [1.82, 2.24) is 4.57 Å². The van der Waals surface area contributed by atoms with Crippen LogP contribution in [0.4, 0.5) is 5.69 Å². The lowest BCUT2D eigenvalue weighted by molar-refractivity contribution is -0.112. The van der Waals surface area contributed by atoms with E-state index in [-0.39, 0.29) is 22.7 Å². The van der Waals surface area contributed by atoms with Crippen molar-refractivity contribution in [3.8, 4) is 5.88 Å². The molecule has 1 fully saturated rings. The van der Waals surface area contributed by atoms with Gasteiger partial charge in [-0.15, -0.1) is 0 Å². The van der Waals surface area contributed by atoms with Crippen molar-refractivity contribution in [2.45, 2.75) is 30.7 Å². The molecule has 1 saturated carbocycles. The molecule has 8 nitrogen and oxygen atoms in total. The fraction of sp³-hybridized carbons (Fsp3) is 0.190. The Bertz CT molecular complexity index is 1540. The molecule has 31 heavy (non-hydrogen) atoms. The molecule has 0 atom stereocenters. The minimum absolute atomic E-state index is 0.000289. The zero-order valence-corrected chi connectivity index (χ0v) is 18.1. The summed E-state index contributed by atoms with van der Waals surface area (Å²) in [6, 6.07) is 11.6. The molecule has 0 saturated heterocycles. The van der Waals surface area contributed by atoms with E-state index in [0.29, 0.717) is 31.5 Å². The number of aromatic hydroxyl groups is 1. The normalized spacial score (nSPS) is 16.5. The van der Waals surface area contributed by atoms with E-state index in [1.165, 1.54) is 23.5 Å². The Labute approximate surface area is 181 Å². The smallest absolute Gasteiger partial charge is 0.279 e. The van der Waals surface area contributed by atoms with Gasteiger partial charge in [-0.05, 0) is 56.2 Å². The number of hydrogen-bond acceptors (Lipinski definition) is 6. The second-order valence-electron chi connectivity index (χ2n) is 7.60. The van der Waals surface area contributed by atoms with Crippen molar-refractivity contribution in [3.63, 3.8) is 0 Å². The molecule has 1 aliphatic carbocycles. The molecule has 0 spiro atoms. The van der Waals surface area contributed by atoms with Gasteiger partial charge in [0.2, 0.25) is 15.9 Å². The maximum atomic E-state index is 12.7. The van der Waals surface area contributed by atoms with E-state index in [0.717, 1.165) is 18.4 Å². The van der Waals surface area contributed by atoms with Crippen LogP contribution >= 0.6 is 11.3 Å². The highest BCUT2D eigenvalue weighted by Crippen LogP contribution is 2.40. The largest absolute Gasteiger partial charge is 0.493 e. The molecule has 1 aliphatic heterocycles. The molecule has 2 heterocycles.